The number of hydrogen-bond acceptors (Lipinski definition) is 5. The highest BCUT2D eigenvalue weighted by Crippen LogP contribution is 2.20. The number of hydrogen-bond donors (Lipinski definition) is 3. The largest absolute Gasteiger partial charge is 0.497 e. The number of methoxy groups -OCH3 is 1. The van der Waals surface area contributed by atoms with Crippen molar-refractivity contribution >= 4 is 11.8 Å². The van der Waals surface area contributed by atoms with Gasteiger partial charge in [-0.25, -0.2) is 4.79 Å². The van der Waals surface area contributed by atoms with Crippen LogP contribution in [0.4, 0.5) is 10.5 Å². The van der Waals surface area contributed by atoms with Crippen LogP contribution in [0.3, 0.4) is 0 Å². The van der Waals surface area contributed by atoms with E-state index in [0.29, 0.717) is 19.3 Å². The van der Waals surface area contributed by atoms with Crippen LogP contribution in [0.2, 0.25) is 0 Å². The number of carbonyl (C=O) groups is 1. The molecule has 0 unspecified atom stereocenters. The van der Waals surface area contributed by atoms with Crippen LogP contribution in [0.1, 0.15) is 38.3 Å². The fraction of sp³-hybridized carbons (Fsp3) is 0.367. The minimum absolute atomic E-state index is 0.0745. The number of aliphatic hydroxyl groups excluding tert-OH is 1. The number of anilines is 1. The molecule has 0 heterocycles. The van der Waals surface area contributed by atoms with Crippen LogP contribution in [-0.4, -0.2) is 42.1 Å². The summed E-state index contributed by atoms with van der Waals surface area (Å²) in [6, 6.07) is 27.2. The molecule has 3 atom stereocenters. The number of nitrogens with one attached hydrogen (secondary N) is 2. The molecule has 36 heavy (non-hydrogen) atoms. The Hall–Kier alpha value is -3.51. The summed E-state index contributed by atoms with van der Waals surface area (Å²) >= 11 is 0. The van der Waals surface area contributed by atoms with Gasteiger partial charge < -0.3 is 25.2 Å². The molecule has 6 nitrogen and oxygen atoms in total. The number of aliphatic hydroxyl groups is 1. The van der Waals surface area contributed by atoms with E-state index >= 15 is 0 Å². The van der Waals surface area contributed by atoms with Gasteiger partial charge in [0.2, 0.25) is 0 Å². The molecule has 0 aromatic heterocycles. The highest BCUT2D eigenvalue weighted by Gasteiger charge is 2.27. The maximum Gasteiger partial charge on any atom is 0.407 e. The maximum atomic E-state index is 12.6. The third kappa shape index (κ3) is 9.27. The van der Waals surface area contributed by atoms with Crippen molar-refractivity contribution in [2.45, 2.75) is 63.8 Å². The standard InChI is InChI=1S/C30H38N2O4/c1-30(2,3)36-29(34)32-27(20-23-13-9-6-10-14-23)28(33)21-25(19-22-11-7-5-8-12-22)31-24-15-17-26(35-4)18-16-24/h5-18,25,27-28,31,33H,19-21H2,1-4H3,(H,32,34)/t25-,27-,28-/m0/s1. The van der Waals surface area contributed by atoms with E-state index in [4.69, 9.17) is 9.47 Å². The second-order valence-electron chi connectivity index (χ2n) is 10.0. The van der Waals surface area contributed by atoms with Crippen LogP contribution in [0.25, 0.3) is 0 Å². The Kier molecular flexibility index (Phi) is 9.77. The molecule has 0 fully saturated rings. The van der Waals surface area contributed by atoms with Gasteiger partial charge in [0, 0.05) is 11.7 Å². The molecule has 0 saturated carbocycles. The molecule has 0 aliphatic heterocycles. The normalized spacial score (nSPS) is 13.8. The number of rotatable bonds is 11. The Morgan fingerprint density at radius 1 is 0.861 bits per heavy atom. The van der Waals surface area contributed by atoms with Gasteiger partial charge in [0.05, 0.1) is 19.3 Å². The lowest BCUT2D eigenvalue weighted by Gasteiger charge is -2.30. The molecule has 3 aromatic carbocycles. The quantitative estimate of drug-likeness (QED) is 0.326. The van der Waals surface area contributed by atoms with E-state index in [1.807, 2.05) is 93.6 Å². The average molecular weight is 491 g/mol. The number of carbonyl (C=O) groups excluding carboxylic acids is 1. The summed E-state index contributed by atoms with van der Waals surface area (Å²) in [5.74, 6) is 0.782. The van der Waals surface area contributed by atoms with Gasteiger partial charge in [0.15, 0.2) is 0 Å². The summed E-state index contributed by atoms with van der Waals surface area (Å²) in [6.07, 6.45) is 0.284. The summed E-state index contributed by atoms with van der Waals surface area (Å²) < 4.78 is 10.8. The van der Waals surface area contributed by atoms with Gasteiger partial charge in [0.1, 0.15) is 11.4 Å². The molecule has 0 radical (unpaired) electrons. The van der Waals surface area contributed by atoms with Crippen LogP contribution in [0.15, 0.2) is 84.9 Å². The van der Waals surface area contributed by atoms with E-state index < -0.39 is 23.8 Å². The molecule has 3 rings (SSSR count). The Bertz CT molecular complexity index is 1050. The number of alkyl carbamates (subject to hydrolysis) is 1. The molecule has 0 spiro atoms. The second kappa shape index (κ2) is 13.0. The smallest absolute Gasteiger partial charge is 0.407 e. The van der Waals surface area contributed by atoms with E-state index in [2.05, 4.69) is 22.8 Å². The number of ether oxygens (including phenoxy) is 2. The first-order valence-corrected chi connectivity index (χ1v) is 12.4. The zero-order valence-corrected chi connectivity index (χ0v) is 21.6. The Morgan fingerprint density at radius 3 is 1.94 bits per heavy atom. The molecule has 6 heteroatoms. The van der Waals surface area contributed by atoms with Gasteiger partial charge >= 0.3 is 6.09 Å². The molecule has 3 aromatic rings. The lowest BCUT2D eigenvalue weighted by Crippen LogP contribution is -2.48. The fourth-order valence-electron chi connectivity index (χ4n) is 4.08. The Labute approximate surface area is 214 Å². The SMILES string of the molecule is COc1ccc(N[C@@H](Cc2ccccc2)C[C@H](O)[C@H](Cc2ccccc2)NC(=O)OC(C)(C)C)cc1. The topological polar surface area (TPSA) is 79.8 Å². The Morgan fingerprint density at radius 2 is 1.42 bits per heavy atom. The van der Waals surface area contributed by atoms with Crippen molar-refractivity contribution in [3.63, 3.8) is 0 Å². The van der Waals surface area contributed by atoms with E-state index in [0.717, 1.165) is 22.6 Å². The molecule has 0 aliphatic carbocycles. The van der Waals surface area contributed by atoms with Gasteiger partial charge in [-0.2, -0.15) is 0 Å². The van der Waals surface area contributed by atoms with Crippen molar-refractivity contribution in [1.82, 2.24) is 5.32 Å². The highest BCUT2D eigenvalue weighted by molar-refractivity contribution is 5.68. The summed E-state index contributed by atoms with van der Waals surface area (Å²) in [5.41, 5.74) is 2.50. The number of amides is 1. The maximum absolute atomic E-state index is 12.6. The van der Waals surface area contributed by atoms with Gasteiger partial charge in [-0.3, -0.25) is 0 Å². The molecule has 3 N–H and O–H groups in total. The van der Waals surface area contributed by atoms with Crippen LogP contribution >= 0.6 is 0 Å². The summed E-state index contributed by atoms with van der Waals surface area (Å²) in [7, 11) is 1.64. The van der Waals surface area contributed by atoms with Gasteiger partial charge in [-0.05, 0) is 75.4 Å². The van der Waals surface area contributed by atoms with E-state index in [9.17, 15) is 9.90 Å². The lowest BCUT2D eigenvalue weighted by molar-refractivity contribution is 0.0408. The van der Waals surface area contributed by atoms with Gasteiger partial charge in [-0.1, -0.05) is 60.7 Å². The summed E-state index contributed by atoms with van der Waals surface area (Å²) in [5, 5.41) is 17.9. The molecule has 192 valence electrons. The zero-order valence-electron chi connectivity index (χ0n) is 21.6. The summed E-state index contributed by atoms with van der Waals surface area (Å²) in [4.78, 5) is 12.6. The molecule has 1 amide bonds. The molecular formula is C30H38N2O4. The van der Waals surface area contributed by atoms with Crippen LogP contribution in [0, 0.1) is 0 Å². The molecule has 0 bridgehead atoms. The zero-order chi connectivity index (χ0) is 26.0. The predicted molar refractivity (Wildman–Crippen MR) is 144 cm³/mol. The van der Waals surface area contributed by atoms with Crippen molar-refractivity contribution in [3.05, 3.63) is 96.1 Å². The lowest BCUT2D eigenvalue weighted by atomic mass is 9.93. The first-order chi connectivity index (χ1) is 17.2. The monoisotopic (exact) mass is 490 g/mol. The van der Waals surface area contributed by atoms with Crippen molar-refractivity contribution in [3.8, 4) is 5.75 Å². The average Bonchev–Trinajstić information content (AvgIpc) is 2.84. The predicted octanol–water partition coefficient (Wildman–Crippen LogP) is 5.61. The van der Waals surface area contributed by atoms with Gasteiger partial charge in [-0.15, -0.1) is 0 Å². The summed E-state index contributed by atoms with van der Waals surface area (Å²) in [6.45, 7) is 5.47. The second-order valence-corrected chi connectivity index (χ2v) is 10.0. The number of benzene rings is 3. The first kappa shape index (κ1) is 27.1. The van der Waals surface area contributed by atoms with E-state index in [1.165, 1.54) is 0 Å². The van der Waals surface area contributed by atoms with Crippen LogP contribution < -0.4 is 15.4 Å². The van der Waals surface area contributed by atoms with Crippen molar-refractivity contribution in [2.24, 2.45) is 0 Å². The third-order valence-electron chi connectivity index (χ3n) is 5.78. The van der Waals surface area contributed by atoms with Crippen LogP contribution in [-0.2, 0) is 17.6 Å². The van der Waals surface area contributed by atoms with Crippen molar-refractivity contribution in [2.75, 3.05) is 12.4 Å². The van der Waals surface area contributed by atoms with Crippen molar-refractivity contribution in [1.29, 1.82) is 0 Å². The molecular weight excluding hydrogens is 452 g/mol. The van der Waals surface area contributed by atoms with E-state index in [1.54, 1.807) is 7.11 Å². The fourth-order valence-corrected chi connectivity index (χ4v) is 4.08. The molecule has 0 aliphatic rings. The minimum atomic E-state index is -0.808. The highest BCUT2D eigenvalue weighted by atomic mass is 16.6. The van der Waals surface area contributed by atoms with E-state index in [-0.39, 0.29) is 6.04 Å². The third-order valence-corrected chi connectivity index (χ3v) is 5.78. The van der Waals surface area contributed by atoms with Gasteiger partial charge in [0.25, 0.3) is 0 Å². The minimum Gasteiger partial charge on any atom is -0.497 e. The first-order valence-electron chi connectivity index (χ1n) is 12.4. The van der Waals surface area contributed by atoms with Crippen LogP contribution in [0.5, 0.6) is 5.75 Å². The molecule has 0 saturated heterocycles. The Balaban J connectivity index is 1.78. The van der Waals surface area contributed by atoms with Crippen molar-refractivity contribution < 1.29 is 19.4 Å².